The van der Waals surface area contributed by atoms with Gasteiger partial charge in [0.1, 0.15) is 0 Å². The van der Waals surface area contributed by atoms with Gasteiger partial charge < -0.3 is 4.90 Å². The molecule has 0 N–H and O–H groups in total. The molecule has 0 spiro atoms. The maximum absolute atomic E-state index is 2.66. The zero-order valence-electron chi connectivity index (χ0n) is 12.3. The number of hydrogen-bond acceptors (Lipinski definition) is 1. The van der Waals surface area contributed by atoms with Crippen LogP contribution in [0.1, 0.15) is 49.7 Å². The molecule has 1 aromatic rings. The lowest BCUT2D eigenvalue weighted by atomic mass is 9.85. The predicted molar refractivity (Wildman–Crippen MR) is 81.5 cm³/mol. The third-order valence-electron chi connectivity index (χ3n) is 5.22. The fraction of sp³-hybridized carbons (Fsp3) is 0.667. The average Bonchev–Trinajstić information content (AvgIpc) is 2.48. The van der Waals surface area contributed by atoms with Crippen molar-refractivity contribution in [3.8, 4) is 0 Å². The number of aryl methyl sites for hydroxylation is 1. The van der Waals surface area contributed by atoms with Crippen molar-refractivity contribution in [2.45, 2.75) is 57.4 Å². The molecule has 1 nitrogen and oxygen atoms in total. The summed E-state index contributed by atoms with van der Waals surface area (Å²) in [6.07, 6.45) is 11.2. The Bertz CT molecular complexity index is 406. The summed E-state index contributed by atoms with van der Waals surface area (Å²) < 4.78 is 0. The molecule has 0 amide bonds. The van der Waals surface area contributed by atoms with E-state index in [1.54, 1.807) is 11.1 Å². The van der Waals surface area contributed by atoms with Crippen molar-refractivity contribution in [3.05, 3.63) is 35.4 Å². The first-order valence-corrected chi connectivity index (χ1v) is 8.10. The van der Waals surface area contributed by atoms with E-state index in [0.29, 0.717) is 0 Å². The lowest BCUT2D eigenvalue weighted by molar-refractivity contribution is 0.169. The zero-order chi connectivity index (χ0) is 13.1. The minimum atomic E-state index is 0.775. The van der Waals surface area contributed by atoms with Crippen LogP contribution in [0.25, 0.3) is 0 Å². The molecule has 0 heterocycles. The standard InChI is InChI=1S/C18H27N/c1-19(14-15-7-3-2-4-8-15)18-12-11-16-9-5-6-10-17(16)13-18/h5-6,9-10,15,18H,2-4,7-8,11-14H2,1H3. The fourth-order valence-electron chi connectivity index (χ4n) is 3.98. The topological polar surface area (TPSA) is 3.24 Å². The summed E-state index contributed by atoms with van der Waals surface area (Å²) in [7, 11) is 2.35. The summed E-state index contributed by atoms with van der Waals surface area (Å²) in [4.78, 5) is 2.66. The van der Waals surface area contributed by atoms with Crippen molar-refractivity contribution in [2.75, 3.05) is 13.6 Å². The van der Waals surface area contributed by atoms with Crippen LogP contribution in [0.2, 0.25) is 0 Å². The summed E-state index contributed by atoms with van der Waals surface area (Å²) in [6, 6.07) is 9.80. The molecule has 1 heteroatoms. The Balaban J connectivity index is 1.58. The molecule has 0 radical (unpaired) electrons. The third kappa shape index (κ3) is 3.20. The first-order chi connectivity index (χ1) is 9.33. The van der Waals surface area contributed by atoms with E-state index in [1.807, 2.05) is 0 Å². The maximum atomic E-state index is 2.66. The largest absolute Gasteiger partial charge is 0.303 e. The minimum Gasteiger partial charge on any atom is -0.303 e. The van der Waals surface area contributed by atoms with E-state index in [-0.39, 0.29) is 0 Å². The van der Waals surface area contributed by atoms with Crippen molar-refractivity contribution in [1.29, 1.82) is 0 Å². The molecule has 19 heavy (non-hydrogen) atoms. The van der Waals surface area contributed by atoms with Crippen LogP contribution in [-0.4, -0.2) is 24.5 Å². The molecule has 1 aromatic carbocycles. The van der Waals surface area contributed by atoms with Gasteiger partial charge in [0.05, 0.1) is 0 Å². The smallest absolute Gasteiger partial charge is 0.0136 e. The van der Waals surface area contributed by atoms with Crippen LogP contribution in [0, 0.1) is 5.92 Å². The van der Waals surface area contributed by atoms with Crippen molar-refractivity contribution in [3.63, 3.8) is 0 Å². The molecule has 1 fully saturated rings. The normalized spacial score (nSPS) is 24.4. The molecule has 1 atom stereocenters. The van der Waals surface area contributed by atoms with Crippen molar-refractivity contribution >= 4 is 0 Å². The molecule has 0 aliphatic heterocycles. The highest BCUT2D eigenvalue weighted by Gasteiger charge is 2.24. The van der Waals surface area contributed by atoms with E-state index >= 15 is 0 Å². The van der Waals surface area contributed by atoms with E-state index in [4.69, 9.17) is 0 Å². The molecule has 1 unspecified atom stereocenters. The molecular weight excluding hydrogens is 230 g/mol. The van der Waals surface area contributed by atoms with Gasteiger partial charge in [-0.05, 0) is 56.2 Å². The van der Waals surface area contributed by atoms with E-state index in [9.17, 15) is 0 Å². The Kier molecular flexibility index (Phi) is 4.22. The van der Waals surface area contributed by atoms with E-state index in [2.05, 4.69) is 36.2 Å². The van der Waals surface area contributed by atoms with Crippen LogP contribution < -0.4 is 0 Å². The molecular formula is C18H27N. The van der Waals surface area contributed by atoms with E-state index in [1.165, 1.54) is 57.9 Å². The van der Waals surface area contributed by atoms with Gasteiger partial charge in [0.15, 0.2) is 0 Å². The quantitative estimate of drug-likeness (QED) is 0.789. The second-order valence-electron chi connectivity index (χ2n) is 6.61. The Labute approximate surface area is 118 Å². The van der Waals surface area contributed by atoms with E-state index < -0.39 is 0 Å². The first-order valence-electron chi connectivity index (χ1n) is 8.10. The second kappa shape index (κ2) is 6.09. The number of nitrogens with zero attached hydrogens (tertiary/aromatic N) is 1. The Morgan fingerprint density at radius 2 is 1.74 bits per heavy atom. The monoisotopic (exact) mass is 257 g/mol. The van der Waals surface area contributed by atoms with Crippen LogP contribution in [-0.2, 0) is 12.8 Å². The second-order valence-corrected chi connectivity index (χ2v) is 6.61. The van der Waals surface area contributed by atoms with Gasteiger partial charge in [0.2, 0.25) is 0 Å². The van der Waals surface area contributed by atoms with E-state index in [0.717, 1.165) is 12.0 Å². The highest BCUT2D eigenvalue weighted by Crippen LogP contribution is 2.28. The molecule has 104 valence electrons. The maximum Gasteiger partial charge on any atom is 0.0136 e. The van der Waals surface area contributed by atoms with Gasteiger partial charge in [-0.1, -0.05) is 43.5 Å². The van der Waals surface area contributed by atoms with Crippen LogP contribution in [0.3, 0.4) is 0 Å². The Morgan fingerprint density at radius 3 is 2.53 bits per heavy atom. The van der Waals surface area contributed by atoms with Crippen molar-refractivity contribution < 1.29 is 0 Å². The summed E-state index contributed by atoms with van der Waals surface area (Å²) >= 11 is 0. The van der Waals surface area contributed by atoms with Crippen LogP contribution in [0.5, 0.6) is 0 Å². The van der Waals surface area contributed by atoms with Gasteiger partial charge in [-0.2, -0.15) is 0 Å². The van der Waals surface area contributed by atoms with Crippen LogP contribution in [0.15, 0.2) is 24.3 Å². The van der Waals surface area contributed by atoms with Gasteiger partial charge in [-0.25, -0.2) is 0 Å². The molecule has 0 bridgehead atoms. The summed E-state index contributed by atoms with van der Waals surface area (Å²) in [5.74, 6) is 0.968. The lowest BCUT2D eigenvalue weighted by Crippen LogP contribution is -2.39. The molecule has 2 aliphatic rings. The number of hydrogen-bond donors (Lipinski definition) is 0. The van der Waals surface area contributed by atoms with Crippen LogP contribution in [0.4, 0.5) is 0 Å². The molecule has 1 saturated carbocycles. The van der Waals surface area contributed by atoms with Crippen molar-refractivity contribution in [2.24, 2.45) is 5.92 Å². The van der Waals surface area contributed by atoms with Gasteiger partial charge in [0, 0.05) is 12.6 Å². The van der Waals surface area contributed by atoms with Gasteiger partial charge >= 0.3 is 0 Å². The van der Waals surface area contributed by atoms with Gasteiger partial charge in [-0.3, -0.25) is 0 Å². The summed E-state index contributed by atoms with van der Waals surface area (Å²) in [5, 5.41) is 0. The first kappa shape index (κ1) is 13.2. The summed E-state index contributed by atoms with van der Waals surface area (Å²) in [5.41, 5.74) is 3.18. The fourth-order valence-corrected chi connectivity index (χ4v) is 3.98. The van der Waals surface area contributed by atoms with Crippen molar-refractivity contribution in [1.82, 2.24) is 4.90 Å². The van der Waals surface area contributed by atoms with Gasteiger partial charge in [-0.15, -0.1) is 0 Å². The molecule has 3 rings (SSSR count). The number of benzene rings is 1. The molecule has 2 aliphatic carbocycles. The Morgan fingerprint density at radius 1 is 1.00 bits per heavy atom. The lowest BCUT2D eigenvalue weighted by Gasteiger charge is -2.35. The number of likely N-dealkylation sites (N-methyl/N-ethyl adjacent to an activating group) is 1. The highest BCUT2D eigenvalue weighted by molar-refractivity contribution is 5.30. The highest BCUT2D eigenvalue weighted by atomic mass is 15.1. The number of rotatable bonds is 3. The molecule has 0 aromatic heterocycles. The Hall–Kier alpha value is -0.820. The average molecular weight is 257 g/mol. The third-order valence-corrected chi connectivity index (χ3v) is 5.22. The zero-order valence-corrected chi connectivity index (χ0v) is 12.3. The minimum absolute atomic E-state index is 0.775. The number of fused-ring (bicyclic) bond motifs is 1. The molecule has 0 saturated heterocycles. The van der Waals surface area contributed by atoms with Gasteiger partial charge in [0.25, 0.3) is 0 Å². The predicted octanol–water partition coefficient (Wildman–Crippen LogP) is 4.06. The summed E-state index contributed by atoms with van der Waals surface area (Å²) in [6.45, 7) is 1.33. The SMILES string of the molecule is CN(CC1CCCCC1)C1CCc2ccccc2C1. The van der Waals surface area contributed by atoms with Crippen LogP contribution >= 0.6 is 0 Å².